The van der Waals surface area contributed by atoms with Crippen LogP contribution in [0.5, 0.6) is 0 Å². The van der Waals surface area contributed by atoms with Crippen molar-refractivity contribution < 1.29 is 0 Å². The van der Waals surface area contributed by atoms with Gasteiger partial charge in [-0.3, -0.25) is 0 Å². The molecule has 23 heavy (non-hydrogen) atoms. The van der Waals surface area contributed by atoms with Gasteiger partial charge in [-0.15, -0.1) is 5.10 Å². The van der Waals surface area contributed by atoms with Crippen LogP contribution in [0.1, 0.15) is 16.7 Å². The molecule has 0 aliphatic heterocycles. The van der Waals surface area contributed by atoms with Crippen LogP contribution in [-0.2, 0) is 0 Å². The molecule has 0 fully saturated rings. The molecule has 3 aromatic rings. The molecular formula is C18H19N5. The first-order valence-corrected chi connectivity index (χ1v) is 7.48. The third-order valence-electron chi connectivity index (χ3n) is 3.57. The molecule has 0 amide bonds. The maximum atomic E-state index is 4.48. The minimum atomic E-state index is 0.472. The molecule has 0 aliphatic carbocycles. The highest BCUT2D eigenvalue weighted by molar-refractivity contribution is 5.64. The summed E-state index contributed by atoms with van der Waals surface area (Å²) in [7, 11) is 0. The van der Waals surface area contributed by atoms with Gasteiger partial charge < -0.3 is 10.6 Å². The lowest BCUT2D eigenvalue weighted by atomic mass is 10.1. The van der Waals surface area contributed by atoms with E-state index in [0.717, 1.165) is 22.5 Å². The lowest BCUT2D eigenvalue weighted by Gasteiger charge is -2.12. The summed E-state index contributed by atoms with van der Waals surface area (Å²) in [6.07, 6.45) is 1.61. The monoisotopic (exact) mass is 305 g/mol. The molecule has 0 unspecified atom stereocenters. The first-order chi connectivity index (χ1) is 11.1. The molecular weight excluding hydrogens is 286 g/mol. The average molecular weight is 305 g/mol. The first kappa shape index (κ1) is 15.0. The van der Waals surface area contributed by atoms with Gasteiger partial charge in [0.1, 0.15) is 0 Å². The molecule has 116 valence electrons. The number of hydrogen-bond acceptors (Lipinski definition) is 5. The van der Waals surface area contributed by atoms with E-state index in [9.17, 15) is 0 Å². The number of aromatic nitrogens is 3. The van der Waals surface area contributed by atoms with E-state index in [0.29, 0.717) is 11.8 Å². The SMILES string of the molecule is Cc1cccc(Nc2cnnc(Nc3c(C)cccc3C)n2)c1. The van der Waals surface area contributed by atoms with Gasteiger partial charge in [0.2, 0.25) is 5.95 Å². The Morgan fingerprint density at radius 1 is 0.870 bits per heavy atom. The van der Waals surface area contributed by atoms with Crippen LogP contribution < -0.4 is 10.6 Å². The van der Waals surface area contributed by atoms with Crippen LogP contribution in [0.15, 0.2) is 48.7 Å². The van der Waals surface area contributed by atoms with Crippen LogP contribution in [0.25, 0.3) is 0 Å². The number of nitrogens with zero attached hydrogens (tertiary/aromatic N) is 3. The largest absolute Gasteiger partial charge is 0.339 e. The Bertz CT molecular complexity index is 809. The average Bonchev–Trinajstić information content (AvgIpc) is 2.52. The summed E-state index contributed by atoms with van der Waals surface area (Å²) in [4.78, 5) is 4.48. The van der Waals surface area contributed by atoms with Crippen LogP contribution in [0.4, 0.5) is 23.1 Å². The van der Waals surface area contributed by atoms with Gasteiger partial charge in [-0.05, 0) is 49.6 Å². The Morgan fingerprint density at radius 3 is 2.35 bits per heavy atom. The van der Waals surface area contributed by atoms with E-state index in [-0.39, 0.29) is 0 Å². The molecule has 0 spiro atoms. The minimum Gasteiger partial charge on any atom is -0.339 e. The number of rotatable bonds is 4. The van der Waals surface area contributed by atoms with Gasteiger partial charge in [-0.1, -0.05) is 30.3 Å². The predicted octanol–water partition coefficient (Wildman–Crippen LogP) is 4.28. The van der Waals surface area contributed by atoms with Crippen molar-refractivity contribution in [3.63, 3.8) is 0 Å². The third-order valence-corrected chi connectivity index (χ3v) is 3.57. The maximum absolute atomic E-state index is 4.48. The second-order valence-corrected chi connectivity index (χ2v) is 5.55. The Morgan fingerprint density at radius 2 is 1.61 bits per heavy atom. The highest BCUT2D eigenvalue weighted by Crippen LogP contribution is 2.23. The molecule has 5 nitrogen and oxygen atoms in total. The fourth-order valence-electron chi connectivity index (χ4n) is 2.41. The normalized spacial score (nSPS) is 10.4. The predicted molar refractivity (Wildman–Crippen MR) is 93.5 cm³/mol. The number of aryl methyl sites for hydroxylation is 3. The van der Waals surface area contributed by atoms with E-state index in [4.69, 9.17) is 0 Å². The molecule has 0 aliphatic rings. The zero-order valence-electron chi connectivity index (χ0n) is 13.5. The summed E-state index contributed by atoms with van der Waals surface area (Å²) >= 11 is 0. The van der Waals surface area contributed by atoms with Crippen LogP contribution in [0, 0.1) is 20.8 Å². The fraction of sp³-hybridized carbons (Fsp3) is 0.167. The van der Waals surface area contributed by atoms with Crippen LogP contribution in [-0.4, -0.2) is 15.2 Å². The van der Waals surface area contributed by atoms with E-state index in [1.165, 1.54) is 5.56 Å². The van der Waals surface area contributed by atoms with Crippen molar-refractivity contribution in [1.29, 1.82) is 0 Å². The van der Waals surface area contributed by atoms with Crippen LogP contribution in [0.3, 0.4) is 0 Å². The van der Waals surface area contributed by atoms with E-state index >= 15 is 0 Å². The van der Waals surface area contributed by atoms with Gasteiger partial charge in [0.15, 0.2) is 5.82 Å². The lowest BCUT2D eigenvalue weighted by Crippen LogP contribution is -2.04. The molecule has 5 heteroatoms. The second kappa shape index (κ2) is 6.44. The molecule has 1 heterocycles. The Hall–Kier alpha value is -2.95. The summed E-state index contributed by atoms with van der Waals surface area (Å²) < 4.78 is 0. The van der Waals surface area contributed by atoms with Crippen molar-refractivity contribution in [3.05, 3.63) is 65.4 Å². The second-order valence-electron chi connectivity index (χ2n) is 5.55. The Balaban J connectivity index is 1.83. The Labute approximate surface area is 135 Å². The third kappa shape index (κ3) is 3.63. The summed E-state index contributed by atoms with van der Waals surface area (Å²) in [5, 5.41) is 14.6. The van der Waals surface area contributed by atoms with Crippen molar-refractivity contribution in [2.45, 2.75) is 20.8 Å². The summed E-state index contributed by atoms with van der Waals surface area (Å²) in [5.74, 6) is 1.12. The van der Waals surface area contributed by atoms with Gasteiger partial charge in [0, 0.05) is 11.4 Å². The van der Waals surface area contributed by atoms with Crippen molar-refractivity contribution in [2.75, 3.05) is 10.6 Å². The van der Waals surface area contributed by atoms with Gasteiger partial charge in [0.05, 0.1) is 6.20 Å². The zero-order valence-corrected chi connectivity index (χ0v) is 13.5. The molecule has 0 radical (unpaired) electrons. The minimum absolute atomic E-state index is 0.472. The molecule has 0 saturated carbocycles. The van der Waals surface area contributed by atoms with Crippen molar-refractivity contribution in [3.8, 4) is 0 Å². The number of benzene rings is 2. The fourth-order valence-corrected chi connectivity index (χ4v) is 2.41. The molecule has 0 atom stereocenters. The van der Waals surface area contributed by atoms with Crippen molar-refractivity contribution in [1.82, 2.24) is 15.2 Å². The molecule has 0 bridgehead atoms. The van der Waals surface area contributed by atoms with Crippen LogP contribution >= 0.6 is 0 Å². The standard InChI is InChI=1S/C18H19N5/c1-12-6-4-9-15(10-12)20-16-11-19-23-18(21-16)22-17-13(2)7-5-8-14(17)3/h4-11H,1-3H3,(H2,20,21,22,23). The van der Waals surface area contributed by atoms with Gasteiger partial charge in [0.25, 0.3) is 0 Å². The smallest absolute Gasteiger partial charge is 0.249 e. The first-order valence-electron chi connectivity index (χ1n) is 7.48. The quantitative estimate of drug-likeness (QED) is 0.753. The zero-order chi connectivity index (χ0) is 16.2. The highest BCUT2D eigenvalue weighted by atomic mass is 15.3. The van der Waals surface area contributed by atoms with E-state index < -0.39 is 0 Å². The Kier molecular flexibility index (Phi) is 4.19. The van der Waals surface area contributed by atoms with Gasteiger partial charge in [-0.25, -0.2) is 0 Å². The maximum Gasteiger partial charge on any atom is 0.249 e. The van der Waals surface area contributed by atoms with Crippen molar-refractivity contribution in [2.24, 2.45) is 0 Å². The molecule has 1 aromatic heterocycles. The van der Waals surface area contributed by atoms with E-state index in [1.807, 2.05) is 18.2 Å². The van der Waals surface area contributed by atoms with Gasteiger partial charge >= 0.3 is 0 Å². The van der Waals surface area contributed by atoms with E-state index in [1.54, 1.807) is 6.20 Å². The number of anilines is 4. The summed E-state index contributed by atoms with van der Waals surface area (Å²) in [6, 6.07) is 14.2. The summed E-state index contributed by atoms with van der Waals surface area (Å²) in [6.45, 7) is 6.16. The molecule has 3 rings (SSSR count). The van der Waals surface area contributed by atoms with Crippen molar-refractivity contribution >= 4 is 23.1 Å². The van der Waals surface area contributed by atoms with Crippen LogP contribution in [0.2, 0.25) is 0 Å². The summed E-state index contributed by atoms with van der Waals surface area (Å²) in [5.41, 5.74) is 5.47. The lowest BCUT2D eigenvalue weighted by molar-refractivity contribution is 0.981. The molecule has 0 saturated heterocycles. The number of para-hydroxylation sites is 1. The topological polar surface area (TPSA) is 62.7 Å². The molecule has 2 aromatic carbocycles. The number of nitrogens with one attached hydrogen (secondary N) is 2. The highest BCUT2D eigenvalue weighted by Gasteiger charge is 2.06. The van der Waals surface area contributed by atoms with E-state index in [2.05, 4.69) is 70.9 Å². The van der Waals surface area contributed by atoms with Gasteiger partial charge in [-0.2, -0.15) is 10.1 Å². The number of hydrogen-bond donors (Lipinski definition) is 2. The molecule has 2 N–H and O–H groups in total.